The SMILES string of the molecule is COc1ccc(C2CC2)cc1-c1cc(C(N)=O)nn1Cc1ccncc1F. The van der Waals surface area contributed by atoms with Crippen LogP contribution in [0.3, 0.4) is 0 Å². The molecule has 1 aliphatic carbocycles. The van der Waals surface area contributed by atoms with Crippen LogP contribution < -0.4 is 10.5 Å². The highest BCUT2D eigenvalue weighted by Gasteiger charge is 2.25. The highest BCUT2D eigenvalue weighted by atomic mass is 19.1. The molecule has 7 heteroatoms. The number of hydrogen-bond donors (Lipinski definition) is 1. The van der Waals surface area contributed by atoms with Crippen LogP contribution in [-0.2, 0) is 6.54 Å². The van der Waals surface area contributed by atoms with E-state index >= 15 is 0 Å². The molecule has 138 valence electrons. The summed E-state index contributed by atoms with van der Waals surface area (Å²) in [5.41, 5.74) is 8.64. The first kappa shape index (κ1) is 17.2. The van der Waals surface area contributed by atoms with Gasteiger partial charge in [0.25, 0.3) is 5.91 Å². The summed E-state index contributed by atoms with van der Waals surface area (Å²) >= 11 is 0. The zero-order valence-electron chi connectivity index (χ0n) is 14.9. The number of nitrogens with two attached hydrogens (primary N) is 1. The Morgan fingerprint density at radius 2 is 2.15 bits per heavy atom. The number of aromatic nitrogens is 3. The molecule has 1 aromatic carbocycles. The van der Waals surface area contributed by atoms with Crippen molar-refractivity contribution in [1.29, 1.82) is 0 Å². The first-order chi connectivity index (χ1) is 13.1. The fraction of sp³-hybridized carbons (Fsp3) is 0.250. The maximum atomic E-state index is 14.1. The first-order valence-corrected chi connectivity index (χ1v) is 8.71. The third-order valence-electron chi connectivity index (χ3n) is 4.76. The first-order valence-electron chi connectivity index (χ1n) is 8.71. The van der Waals surface area contributed by atoms with Gasteiger partial charge in [0, 0.05) is 17.3 Å². The van der Waals surface area contributed by atoms with Gasteiger partial charge >= 0.3 is 0 Å². The summed E-state index contributed by atoms with van der Waals surface area (Å²) in [6.07, 6.45) is 5.01. The normalized spacial score (nSPS) is 13.6. The van der Waals surface area contributed by atoms with Crippen LogP contribution in [0.1, 0.15) is 40.4 Å². The molecule has 0 bridgehead atoms. The molecule has 0 spiro atoms. The van der Waals surface area contributed by atoms with E-state index in [0.29, 0.717) is 22.9 Å². The number of ether oxygens (including phenoxy) is 1. The second kappa shape index (κ2) is 6.83. The summed E-state index contributed by atoms with van der Waals surface area (Å²) < 4.78 is 21.2. The van der Waals surface area contributed by atoms with Gasteiger partial charge in [-0.25, -0.2) is 4.39 Å². The summed E-state index contributed by atoms with van der Waals surface area (Å²) in [5, 5.41) is 4.29. The minimum atomic E-state index is -0.637. The number of benzene rings is 1. The highest BCUT2D eigenvalue weighted by Crippen LogP contribution is 2.43. The molecule has 4 rings (SSSR count). The van der Waals surface area contributed by atoms with Crippen LogP contribution >= 0.6 is 0 Å². The van der Waals surface area contributed by atoms with Gasteiger partial charge < -0.3 is 10.5 Å². The Morgan fingerprint density at radius 3 is 2.81 bits per heavy atom. The molecule has 1 saturated carbocycles. The van der Waals surface area contributed by atoms with E-state index in [9.17, 15) is 9.18 Å². The van der Waals surface area contributed by atoms with Gasteiger partial charge in [-0.15, -0.1) is 0 Å². The van der Waals surface area contributed by atoms with Gasteiger partial charge in [0.05, 0.1) is 25.5 Å². The van der Waals surface area contributed by atoms with E-state index in [-0.39, 0.29) is 12.2 Å². The Kier molecular flexibility index (Phi) is 4.35. The van der Waals surface area contributed by atoms with Crippen LogP contribution in [-0.4, -0.2) is 27.8 Å². The van der Waals surface area contributed by atoms with Crippen LogP contribution in [0.2, 0.25) is 0 Å². The number of amides is 1. The molecule has 2 aromatic heterocycles. The van der Waals surface area contributed by atoms with Crippen molar-refractivity contribution in [1.82, 2.24) is 14.8 Å². The molecule has 2 N–H and O–H groups in total. The topological polar surface area (TPSA) is 83.0 Å². The van der Waals surface area contributed by atoms with Crippen molar-refractivity contribution in [2.75, 3.05) is 7.11 Å². The molecule has 0 atom stereocenters. The predicted molar refractivity (Wildman–Crippen MR) is 98.0 cm³/mol. The summed E-state index contributed by atoms with van der Waals surface area (Å²) in [4.78, 5) is 15.5. The third-order valence-corrected chi connectivity index (χ3v) is 4.76. The van der Waals surface area contributed by atoms with E-state index in [2.05, 4.69) is 22.2 Å². The Morgan fingerprint density at radius 1 is 1.33 bits per heavy atom. The van der Waals surface area contributed by atoms with E-state index in [1.165, 1.54) is 24.6 Å². The van der Waals surface area contributed by atoms with Crippen LogP contribution in [0.5, 0.6) is 5.75 Å². The van der Waals surface area contributed by atoms with Crippen molar-refractivity contribution < 1.29 is 13.9 Å². The van der Waals surface area contributed by atoms with Crippen LogP contribution in [0.4, 0.5) is 4.39 Å². The summed E-state index contributed by atoms with van der Waals surface area (Å²) in [7, 11) is 1.59. The lowest BCUT2D eigenvalue weighted by Gasteiger charge is -2.13. The average Bonchev–Trinajstić information content (AvgIpc) is 3.43. The van der Waals surface area contributed by atoms with Gasteiger partial charge in [0.1, 0.15) is 11.6 Å². The molecule has 0 saturated heterocycles. The summed E-state index contributed by atoms with van der Waals surface area (Å²) in [5.74, 6) is 0.145. The maximum absolute atomic E-state index is 14.1. The second-order valence-electron chi connectivity index (χ2n) is 6.64. The fourth-order valence-corrected chi connectivity index (χ4v) is 3.16. The molecule has 3 aromatic rings. The number of primary amides is 1. The second-order valence-corrected chi connectivity index (χ2v) is 6.64. The monoisotopic (exact) mass is 366 g/mol. The summed E-state index contributed by atoms with van der Waals surface area (Å²) in [6.45, 7) is 0.147. The zero-order valence-corrected chi connectivity index (χ0v) is 14.9. The lowest BCUT2D eigenvalue weighted by atomic mass is 10.0. The van der Waals surface area contributed by atoms with Crippen molar-refractivity contribution in [3.8, 4) is 17.0 Å². The average molecular weight is 366 g/mol. The molecular formula is C20H19FN4O2. The number of methoxy groups -OCH3 is 1. The predicted octanol–water partition coefficient (Wildman–Crippen LogP) is 3.12. The Labute approximate surface area is 155 Å². The van der Waals surface area contributed by atoms with Crippen LogP contribution in [0, 0.1) is 5.82 Å². The van der Waals surface area contributed by atoms with Crippen molar-refractivity contribution in [3.63, 3.8) is 0 Å². The minimum Gasteiger partial charge on any atom is -0.496 e. The zero-order chi connectivity index (χ0) is 19.0. The Hall–Kier alpha value is -3.22. The number of nitrogens with zero attached hydrogens (tertiary/aromatic N) is 3. The lowest BCUT2D eigenvalue weighted by molar-refractivity contribution is 0.0995. The number of carbonyl (C=O) groups is 1. The van der Waals surface area contributed by atoms with E-state index in [1.54, 1.807) is 23.9 Å². The van der Waals surface area contributed by atoms with E-state index in [0.717, 1.165) is 11.8 Å². The molecule has 0 radical (unpaired) electrons. The molecule has 2 heterocycles. The van der Waals surface area contributed by atoms with Gasteiger partial charge in [-0.05, 0) is 48.6 Å². The van der Waals surface area contributed by atoms with Crippen molar-refractivity contribution in [2.45, 2.75) is 25.3 Å². The van der Waals surface area contributed by atoms with Gasteiger partial charge in [0.2, 0.25) is 0 Å². The Bertz CT molecular complexity index is 1010. The lowest BCUT2D eigenvalue weighted by Crippen LogP contribution is -2.13. The molecule has 6 nitrogen and oxygen atoms in total. The molecule has 1 amide bonds. The Balaban J connectivity index is 1.83. The van der Waals surface area contributed by atoms with Crippen molar-refractivity contribution >= 4 is 5.91 Å². The van der Waals surface area contributed by atoms with E-state index in [1.807, 2.05) is 6.07 Å². The number of pyridine rings is 1. The molecular weight excluding hydrogens is 347 g/mol. The maximum Gasteiger partial charge on any atom is 0.269 e. The quantitative estimate of drug-likeness (QED) is 0.727. The van der Waals surface area contributed by atoms with Gasteiger partial charge in [-0.1, -0.05) is 6.07 Å². The molecule has 1 fully saturated rings. The van der Waals surface area contributed by atoms with Gasteiger partial charge in [-0.3, -0.25) is 14.5 Å². The van der Waals surface area contributed by atoms with Gasteiger partial charge in [0.15, 0.2) is 5.69 Å². The largest absolute Gasteiger partial charge is 0.496 e. The number of rotatable bonds is 6. The summed E-state index contributed by atoms with van der Waals surface area (Å²) in [6, 6.07) is 9.23. The van der Waals surface area contributed by atoms with Crippen molar-refractivity contribution in [3.05, 3.63) is 65.4 Å². The minimum absolute atomic E-state index is 0.123. The van der Waals surface area contributed by atoms with E-state index in [4.69, 9.17) is 10.5 Å². The fourth-order valence-electron chi connectivity index (χ4n) is 3.16. The smallest absolute Gasteiger partial charge is 0.269 e. The standard InChI is InChI=1S/C20H19FN4O2/c1-27-19-5-4-13(12-2-3-12)8-15(19)18-9-17(20(22)26)24-25(18)11-14-6-7-23-10-16(14)21/h4-10,12H,2-3,11H2,1H3,(H2,22,26). The molecule has 0 unspecified atom stereocenters. The van der Waals surface area contributed by atoms with Crippen molar-refractivity contribution in [2.24, 2.45) is 5.73 Å². The van der Waals surface area contributed by atoms with Crippen LogP contribution in [0.25, 0.3) is 11.3 Å². The number of carbonyl (C=O) groups excluding carboxylic acids is 1. The number of halogens is 1. The molecule has 1 aliphatic rings. The third kappa shape index (κ3) is 3.40. The van der Waals surface area contributed by atoms with Gasteiger partial charge in [-0.2, -0.15) is 5.10 Å². The molecule has 27 heavy (non-hydrogen) atoms. The number of hydrogen-bond acceptors (Lipinski definition) is 4. The highest BCUT2D eigenvalue weighted by molar-refractivity contribution is 5.92. The molecule has 0 aliphatic heterocycles. The van der Waals surface area contributed by atoms with E-state index < -0.39 is 11.7 Å². The van der Waals surface area contributed by atoms with Crippen LogP contribution in [0.15, 0.2) is 42.7 Å².